The van der Waals surface area contributed by atoms with E-state index in [1.807, 2.05) is 0 Å². The Kier molecular flexibility index (Phi) is 6.95. The van der Waals surface area contributed by atoms with Crippen LogP contribution in [0, 0.1) is 11.8 Å². The smallest absolute Gasteiger partial charge is 0.309 e. The molecule has 2 aliphatic rings. The highest BCUT2D eigenvalue weighted by molar-refractivity contribution is 5.71. The van der Waals surface area contributed by atoms with Gasteiger partial charge in [0.05, 0.1) is 24.0 Å². The average Bonchev–Trinajstić information content (AvgIpc) is 2.40. The van der Waals surface area contributed by atoms with Crippen LogP contribution in [-0.4, -0.2) is 44.6 Å². The first-order chi connectivity index (χ1) is 9.43. The van der Waals surface area contributed by atoms with Crippen LogP contribution >= 0.6 is 0 Å². The van der Waals surface area contributed by atoms with E-state index < -0.39 is 36.0 Å². The van der Waals surface area contributed by atoms with Crippen LogP contribution in [0.25, 0.3) is 0 Å². The van der Waals surface area contributed by atoms with Gasteiger partial charge in [-0.25, -0.2) is 0 Å². The van der Waals surface area contributed by atoms with Crippen molar-refractivity contribution in [2.24, 2.45) is 11.8 Å². The Labute approximate surface area is 118 Å². The molecule has 4 N–H and O–H groups in total. The summed E-state index contributed by atoms with van der Waals surface area (Å²) < 4.78 is 0. The van der Waals surface area contributed by atoms with Gasteiger partial charge in [0.1, 0.15) is 0 Å². The highest BCUT2D eigenvalue weighted by Gasteiger charge is 2.29. The summed E-state index contributed by atoms with van der Waals surface area (Å²) in [5.74, 6) is -2.72. The first-order valence-electron chi connectivity index (χ1n) is 7.25. The van der Waals surface area contributed by atoms with Gasteiger partial charge in [0.25, 0.3) is 0 Å². The first kappa shape index (κ1) is 16.9. The van der Waals surface area contributed by atoms with Gasteiger partial charge in [-0.1, -0.05) is 25.7 Å². The molecule has 116 valence electrons. The van der Waals surface area contributed by atoms with Crippen molar-refractivity contribution in [1.82, 2.24) is 0 Å². The molecule has 2 fully saturated rings. The van der Waals surface area contributed by atoms with Crippen LogP contribution < -0.4 is 0 Å². The normalized spacial score (nSPS) is 33.7. The van der Waals surface area contributed by atoms with Gasteiger partial charge in [-0.05, 0) is 25.7 Å². The second-order valence-corrected chi connectivity index (χ2v) is 5.59. The van der Waals surface area contributed by atoms with Crippen molar-refractivity contribution >= 4 is 11.9 Å². The van der Waals surface area contributed by atoms with Gasteiger partial charge in [-0.3, -0.25) is 9.59 Å². The van der Waals surface area contributed by atoms with Crippen molar-refractivity contribution in [1.29, 1.82) is 0 Å². The lowest BCUT2D eigenvalue weighted by Gasteiger charge is -2.23. The van der Waals surface area contributed by atoms with Crippen molar-refractivity contribution in [3.63, 3.8) is 0 Å². The van der Waals surface area contributed by atoms with Crippen LogP contribution in [0.15, 0.2) is 0 Å². The quantitative estimate of drug-likeness (QED) is 0.608. The summed E-state index contributed by atoms with van der Waals surface area (Å²) in [6.07, 6.45) is 5.16. The van der Waals surface area contributed by atoms with Crippen molar-refractivity contribution in [2.75, 3.05) is 0 Å². The molecule has 0 heterocycles. The monoisotopic (exact) mass is 288 g/mol. The second-order valence-electron chi connectivity index (χ2n) is 5.59. The molecule has 0 radical (unpaired) electrons. The molecule has 2 aliphatic carbocycles. The van der Waals surface area contributed by atoms with Crippen LogP contribution in [0.1, 0.15) is 51.4 Å². The fourth-order valence-corrected chi connectivity index (χ4v) is 2.80. The average molecular weight is 288 g/mol. The summed E-state index contributed by atoms with van der Waals surface area (Å²) in [7, 11) is 0. The molecule has 2 rings (SSSR count). The first-order valence-corrected chi connectivity index (χ1v) is 7.25. The maximum Gasteiger partial charge on any atom is 0.309 e. The second kappa shape index (κ2) is 8.21. The minimum atomic E-state index is -0.854. The Bertz CT molecular complexity index is 298. The summed E-state index contributed by atoms with van der Waals surface area (Å²) in [5, 5.41) is 35.4. The molecule has 0 aliphatic heterocycles. The number of hydrogen-bond acceptors (Lipinski definition) is 4. The fraction of sp³-hybridized carbons (Fsp3) is 0.857. The van der Waals surface area contributed by atoms with Crippen LogP contribution in [-0.2, 0) is 9.59 Å². The van der Waals surface area contributed by atoms with Crippen molar-refractivity contribution in [2.45, 2.75) is 63.6 Å². The van der Waals surface area contributed by atoms with Crippen LogP contribution in [0.3, 0.4) is 0 Å². The topological polar surface area (TPSA) is 115 Å². The standard InChI is InChI=1S/2C7H12O3/c2*8-6-4-2-1-3-5(6)7(9)10/h2*5-6,8H,1-4H2,(H,9,10). The van der Waals surface area contributed by atoms with Crippen LogP contribution in [0.2, 0.25) is 0 Å². The van der Waals surface area contributed by atoms with Gasteiger partial charge in [-0.15, -0.1) is 0 Å². The van der Waals surface area contributed by atoms with Crippen LogP contribution in [0.4, 0.5) is 0 Å². The Morgan fingerprint density at radius 2 is 0.950 bits per heavy atom. The number of carbonyl (C=O) groups is 2. The van der Waals surface area contributed by atoms with Crippen molar-refractivity contribution < 1.29 is 30.0 Å². The maximum atomic E-state index is 10.4. The van der Waals surface area contributed by atoms with Gasteiger partial charge in [0, 0.05) is 0 Å². The Balaban J connectivity index is 0.000000200. The van der Waals surface area contributed by atoms with E-state index in [0.717, 1.165) is 25.7 Å². The molecule has 2 saturated carbocycles. The maximum absolute atomic E-state index is 10.4. The molecular formula is C14H24O6. The third kappa shape index (κ3) is 5.09. The molecule has 20 heavy (non-hydrogen) atoms. The minimum Gasteiger partial charge on any atom is -0.481 e. The van der Waals surface area contributed by atoms with Gasteiger partial charge in [0.15, 0.2) is 0 Å². The Hall–Kier alpha value is -1.14. The largest absolute Gasteiger partial charge is 0.481 e. The van der Waals surface area contributed by atoms with Crippen molar-refractivity contribution in [3.05, 3.63) is 0 Å². The molecule has 0 aromatic carbocycles. The molecule has 6 heteroatoms. The Morgan fingerprint density at radius 1 is 0.650 bits per heavy atom. The molecule has 0 aromatic heterocycles. The lowest BCUT2D eigenvalue weighted by atomic mass is 9.87. The van der Waals surface area contributed by atoms with E-state index in [9.17, 15) is 9.59 Å². The highest BCUT2D eigenvalue weighted by atomic mass is 16.4. The SMILES string of the molecule is O=C(O)C1CCCCC1O.O=C(O)C1CCCCC1O. The van der Waals surface area contributed by atoms with E-state index >= 15 is 0 Å². The summed E-state index contributed by atoms with van der Waals surface area (Å²) in [6.45, 7) is 0. The van der Waals surface area contributed by atoms with Gasteiger partial charge >= 0.3 is 11.9 Å². The number of carboxylic acids is 2. The van der Waals surface area contributed by atoms with E-state index in [2.05, 4.69) is 0 Å². The number of hydrogen-bond donors (Lipinski definition) is 4. The molecule has 0 amide bonds. The van der Waals surface area contributed by atoms with E-state index in [-0.39, 0.29) is 0 Å². The number of carboxylic acid groups (broad SMARTS) is 2. The molecule has 0 spiro atoms. The Morgan fingerprint density at radius 3 is 1.15 bits per heavy atom. The molecule has 0 aromatic rings. The zero-order valence-corrected chi connectivity index (χ0v) is 11.6. The number of aliphatic carboxylic acids is 2. The molecule has 0 saturated heterocycles. The van der Waals surface area contributed by atoms with Gasteiger partial charge in [0.2, 0.25) is 0 Å². The molecule has 4 unspecified atom stereocenters. The number of aliphatic hydroxyl groups is 2. The van der Waals surface area contributed by atoms with E-state index in [1.165, 1.54) is 0 Å². The number of aliphatic hydroxyl groups excluding tert-OH is 2. The minimum absolute atomic E-state index is 0.506. The predicted octanol–water partition coefficient (Wildman–Crippen LogP) is 1.24. The van der Waals surface area contributed by atoms with Crippen molar-refractivity contribution in [3.8, 4) is 0 Å². The number of rotatable bonds is 2. The third-order valence-corrected chi connectivity index (χ3v) is 4.09. The van der Waals surface area contributed by atoms with E-state index in [0.29, 0.717) is 25.7 Å². The lowest BCUT2D eigenvalue weighted by Crippen LogP contribution is -2.30. The summed E-state index contributed by atoms with van der Waals surface area (Å²) in [6, 6.07) is 0. The molecule has 0 bridgehead atoms. The third-order valence-electron chi connectivity index (χ3n) is 4.09. The zero-order chi connectivity index (χ0) is 15.1. The zero-order valence-electron chi connectivity index (χ0n) is 11.6. The summed E-state index contributed by atoms with van der Waals surface area (Å²) in [5.41, 5.74) is 0. The van der Waals surface area contributed by atoms with Gasteiger partial charge in [-0.2, -0.15) is 0 Å². The summed E-state index contributed by atoms with van der Waals surface area (Å²) >= 11 is 0. The highest BCUT2D eigenvalue weighted by Crippen LogP contribution is 2.24. The van der Waals surface area contributed by atoms with Gasteiger partial charge < -0.3 is 20.4 Å². The lowest BCUT2D eigenvalue weighted by molar-refractivity contribution is -0.148. The van der Waals surface area contributed by atoms with E-state index in [4.69, 9.17) is 20.4 Å². The molecular weight excluding hydrogens is 264 g/mol. The summed E-state index contributed by atoms with van der Waals surface area (Å²) in [4.78, 5) is 20.8. The van der Waals surface area contributed by atoms with E-state index in [1.54, 1.807) is 0 Å². The molecule has 4 atom stereocenters. The molecule has 6 nitrogen and oxygen atoms in total. The fourth-order valence-electron chi connectivity index (χ4n) is 2.80. The predicted molar refractivity (Wildman–Crippen MR) is 71.2 cm³/mol. The van der Waals surface area contributed by atoms with Crippen LogP contribution in [0.5, 0.6) is 0 Å².